The van der Waals surface area contributed by atoms with Gasteiger partial charge in [-0.3, -0.25) is 9.59 Å². The van der Waals surface area contributed by atoms with Crippen molar-refractivity contribution in [3.05, 3.63) is 82.4 Å². The van der Waals surface area contributed by atoms with Gasteiger partial charge >= 0.3 is 0 Å². The molecule has 33 heavy (non-hydrogen) atoms. The molecule has 0 aliphatic heterocycles. The first-order valence-electron chi connectivity index (χ1n) is 9.85. The van der Waals surface area contributed by atoms with Crippen LogP contribution in [0.25, 0.3) is 0 Å². The zero-order valence-corrected chi connectivity index (χ0v) is 18.7. The van der Waals surface area contributed by atoms with E-state index in [1.54, 1.807) is 30.3 Å². The minimum Gasteiger partial charge on any atom is -0.506 e. The number of benzene rings is 3. The molecule has 3 rings (SSSR count). The fourth-order valence-corrected chi connectivity index (χ4v) is 2.99. The number of carbonyl (C=O) groups excluding carboxylic acids is 2. The highest BCUT2D eigenvalue weighted by Crippen LogP contribution is 2.28. The standard InChI is InChI=1S/C24H22ClN3O5/c1-15(29)27-19-7-3-16(4-8-19)14-33-22-10-5-17(11-23(22)32-2)13-26-28-24(31)18-6-9-21(30)20(25)12-18/h3-13,30H,14H2,1-2H3,(H,27,29)(H,28,31)/b26-13+. The number of carbonyl (C=O) groups is 2. The monoisotopic (exact) mass is 467 g/mol. The molecule has 170 valence electrons. The Hall–Kier alpha value is -4.04. The molecule has 0 aromatic heterocycles. The fourth-order valence-electron chi connectivity index (χ4n) is 2.81. The van der Waals surface area contributed by atoms with Crippen molar-refractivity contribution in [2.75, 3.05) is 12.4 Å². The van der Waals surface area contributed by atoms with Crippen molar-refractivity contribution >= 4 is 35.3 Å². The normalized spacial score (nSPS) is 10.6. The average molecular weight is 468 g/mol. The van der Waals surface area contributed by atoms with E-state index in [-0.39, 0.29) is 22.2 Å². The van der Waals surface area contributed by atoms with E-state index in [1.807, 2.05) is 12.1 Å². The van der Waals surface area contributed by atoms with Gasteiger partial charge in [-0.2, -0.15) is 5.10 Å². The van der Waals surface area contributed by atoms with Crippen LogP contribution >= 0.6 is 11.6 Å². The molecule has 0 heterocycles. The molecule has 0 aliphatic carbocycles. The Morgan fingerprint density at radius 3 is 2.48 bits per heavy atom. The van der Waals surface area contributed by atoms with Gasteiger partial charge in [0, 0.05) is 18.2 Å². The summed E-state index contributed by atoms with van der Waals surface area (Å²) < 4.78 is 11.3. The van der Waals surface area contributed by atoms with Gasteiger partial charge in [-0.15, -0.1) is 0 Å². The van der Waals surface area contributed by atoms with Gasteiger partial charge in [-0.1, -0.05) is 23.7 Å². The van der Waals surface area contributed by atoms with Crippen molar-refractivity contribution in [2.45, 2.75) is 13.5 Å². The molecule has 0 radical (unpaired) electrons. The largest absolute Gasteiger partial charge is 0.506 e. The number of phenolic OH excluding ortho intramolecular Hbond substituents is 1. The van der Waals surface area contributed by atoms with Gasteiger partial charge in [0.1, 0.15) is 12.4 Å². The predicted molar refractivity (Wildman–Crippen MR) is 126 cm³/mol. The molecule has 0 spiro atoms. The number of phenols is 1. The van der Waals surface area contributed by atoms with Crippen LogP contribution in [0.4, 0.5) is 5.69 Å². The first-order chi connectivity index (χ1) is 15.9. The molecule has 0 fully saturated rings. The Kier molecular flexibility index (Phi) is 7.88. The highest BCUT2D eigenvalue weighted by atomic mass is 35.5. The van der Waals surface area contributed by atoms with Crippen LogP contribution < -0.4 is 20.2 Å². The number of nitrogens with one attached hydrogen (secondary N) is 2. The van der Waals surface area contributed by atoms with Gasteiger partial charge in [-0.05, 0) is 59.7 Å². The third-order valence-corrected chi connectivity index (χ3v) is 4.75. The summed E-state index contributed by atoms with van der Waals surface area (Å²) in [6, 6.07) is 16.7. The van der Waals surface area contributed by atoms with E-state index in [9.17, 15) is 14.7 Å². The van der Waals surface area contributed by atoms with Crippen LogP contribution in [0.5, 0.6) is 17.2 Å². The summed E-state index contributed by atoms with van der Waals surface area (Å²) in [7, 11) is 1.53. The highest BCUT2D eigenvalue weighted by Gasteiger charge is 2.08. The van der Waals surface area contributed by atoms with Crippen molar-refractivity contribution < 1.29 is 24.2 Å². The Morgan fingerprint density at radius 2 is 1.82 bits per heavy atom. The molecule has 3 aromatic carbocycles. The summed E-state index contributed by atoms with van der Waals surface area (Å²) in [6.07, 6.45) is 1.47. The second-order valence-corrected chi connectivity index (χ2v) is 7.35. The van der Waals surface area contributed by atoms with E-state index >= 15 is 0 Å². The Bertz CT molecular complexity index is 1180. The zero-order chi connectivity index (χ0) is 23.8. The van der Waals surface area contributed by atoms with Gasteiger partial charge in [-0.25, -0.2) is 5.43 Å². The zero-order valence-electron chi connectivity index (χ0n) is 18.0. The van der Waals surface area contributed by atoms with Crippen LogP contribution in [0.2, 0.25) is 5.02 Å². The van der Waals surface area contributed by atoms with Crippen molar-refractivity contribution in [3.8, 4) is 17.2 Å². The number of hydrogen-bond donors (Lipinski definition) is 3. The van der Waals surface area contributed by atoms with E-state index < -0.39 is 5.91 Å². The SMILES string of the molecule is COc1cc(/C=N/NC(=O)c2ccc(O)c(Cl)c2)ccc1OCc1ccc(NC(C)=O)cc1. The maximum atomic E-state index is 12.1. The summed E-state index contributed by atoms with van der Waals surface area (Å²) in [5.74, 6) is 0.350. The van der Waals surface area contributed by atoms with Crippen LogP contribution in [-0.2, 0) is 11.4 Å². The van der Waals surface area contributed by atoms with Gasteiger partial charge in [0.05, 0.1) is 18.3 Å². The maximum absolute atomic E-state index is 12.1. The third-order valence-electron chi connectivity index (χ3n) is 4.45. The number of methoxy groups -OCH3 is 1. The summed E-state index contributed by atoms with van der Waals surface area (Å²) in [4.78, 5) is 23.2. The number of ether oxygens (including phenoxy) is 2. The van der Waals surface area contributed by atoms with E-state index in [1.165, 1.54) is 38.4 Å². The van der Waals surface area contributed by atoms with Crippen LogP contribution in [-0.4, -0.2) is 30.2 Å². The Balaban J connectivity index is 1.60. The first-order valence-corrected chi connectivity index (χ1v) is 10.2. The maximum Gasteiger partial charge on any atom is 0.271 e. The summed E-state index contributed by atoms with van der Waals surface area (Å²) >= 11 is 5.82. The van der Waals surface area contributed by atoms with Crippen molar-refractivity contribution in [3.63, 3.8) is 0 Å². The van der Waals surface area contributed by atoms with Gasteiger partial charge < -0.3 is 19.9 Å². The fraction of sp³-hybridized carbons (Fsp3) is 0.125. The van der Waals surface area contributed by atoms with E-state index in [2.05, 4.69) is 15.8 Å². The molecule has 3 N–H and O–H groups in total. The number of rotatable bonds is 8. The highest BCUT2D eigenvalue weighted by molar-refractivity contribution is 6.32. The molecule has 2 amide bonds. The lowest BCUT2D eigenvalue weighted by molar-refractivity contribution is -0.114. The van der Waals surface area contributed by atoms with E-state index in [0.29, 0.717) is 29.4 Å². The Labute approximate surface area is 195 Å². The van der Waals surface area contributed by atoms with E-state index in [4.69, 9.17) is 21.1 Å². The third kappa shape index (κ3) is 6.72. The lowest BCUT2D eigenvalue weighted by Gasteiger charge is -2.12. The molecule has 0 saturated heterocycles. The average Bonchev–Trinajstić information content (AvgIpc) is 2.80. The second kappa shape index (κ2) is 11.0. The minimum atomic E-state index is -0.468. The van der Waals surface area contributed by atoms with Crippen LogP contribution in [0.1, 0.15) is 28.4 Å². The van der Waals surface area contributed by atoms with Crippen molar-refractivity contribution in [2.24, 2.45) is 5.10 Å². The molecular formula is C24H22ClN3O5. The minimum absolute atomic E-state index is 0.0793. The van der Waals surface area contributed by atoms with Gasteiger partial charge in [0.15, 0.2) is 11.5 Å². The molecule has 9 heteroatoms. The molecule has 0 saturated carbocycles. The number of amides is 2. The molecule has 8 nitrogen and oxygen atoms in total. The number of aromatic hydroxyl groups is 1. The predicted octanol–water partition coefficient (Wildman–Crippen LogP) is 4.36. The van der Waals surface area contributed by atoms with E-state index in [0.717, 1.165) is 5.56 Å². The number of nitrogens with zero attached hydrogens (tertiary/aromatic N) is 1. The number of hydrogen-bond acceptors (Lipinski definition) is 6. The summed E-state index contributed by atoms with van der Waals surface area (Å²) in [5, 5.41) is 16.2. The van der Waals surface area contributed by atoms with Crippen LogP contribution in [0.15, 0.2) is 65.8 Å². The van der Waals surface area contributed by atoms with Crippen molar-refractivity contribution in [1.29, 1.82) is 0 Å². The summed E-state index contributed by atoms with van der Waals surface area (Å²) in [6.45, 7) is 1.77. The lowest BCUT2D eigenvalue weighted by atomic mass is 10.2. The number of anilines is 1. The molecule has 0 bridgehead atoms. The number of halogens is 1. The van der Waals surface area contributed by atoms with Crippen LogP contribution in [0.3, 0.4) is 0 Å². The quantitative estimate of drug-likeness (QED) is 0.337. The smallest absolute Gasteiger partial charge is 0.271 e. The molecule has 0 aliphatic rings. The molecule has 3 aromatic rings. The lowest BCUT2D eigenvalue weighted by Crippen LogP contribution is -2.17. The molecule has 0 unspecified atom stereocenters. The second-order valence-electron chi connectivity index (χ2n) is 6.94. The number of hydrazone groups is 1. The van der Waals surface area contributed by atoms with Gasteiger partial charge in [0.25, 0.3) is 5.91 Å². The first kappa shape index (κ1) is 23.6. The summed E-state index contributed by atoms with van der Waals surface area (Å²) in [5.41, 5.74) is 4.99. The van der Waals surface area contributed by atoms with Gasteiger partial charge in [0.2, 0.25) is 5.91 Å². The van der Waals surface area contributed by atoms with Crippen molar-refractivity contribution in [1.82, 2.24) is 5.43 Å². The molecular weight excluding hydrogens is 446 g/mol. The topological polar surface area (TPSA) is 109 Å². The van der Waals surface area contributed by atoms with Crippen LogP contribution in [0, 0.1) is 0 Å². The Morgan fingerprint density at radius 1 is 1.06 bits per heavy atom. The molecule has 0 atom stereocenters.